The summed E-state index contributed by atoms with van der Waals surface area (Å²) < 4.78 is 13.3. The number of aromatic nitrogens is 1. The molecule has 0 atom stereocenters. The van der Waals surface area contributed by atoms with Crippen molar-refractivity contribution in [1.29, 1.82) is 0 Å². The minimum atomic E-state index is -0.322. The van der Waals surface area contributed by atoms with E-state index in [0.717, 1.165) is 47.8 Å². The Labute approximate surface area is 169 Å². The third kappa shape index (κ3) is 2.70. The van der Waals surface area contributed by atoms with Gasteiger partial charge in [-0.3, -0.25) is 0 Å². The van der Waals surface area contributed by atoms with Gasteiger partial charge in [0.2, 0.25) is 0 Å². The van der Waals surface area contributed by atoms with Crippen molar-refractivity contribution in [3.63, 3.8) is 0 Å². The fourth-order valence-electron chi connectivity index (χ4n) is 4.75. The van der Waals surface area contributed by atoms with Crippen molar-refractivity contribution in [3.8, 4) is 5.75 Å². The Kier molecular flexibility index (Phi) is 4.27. The SMILES string of the molecule is COC(=O)c1cccc2c1c1c(OC)cc3c(c1n2Cc1ccccc1)CCC3. The molecule has 0 unspecified atom stereocenters. The number of esters is 1. The molecule has 0 bridgehead atoms. The summed E-state index contributed by atoms with van der Waals surface area (Å²) in [4.78, 5) is 12.6. The quantitative estimate of drug-likeness (QED) is 0.458. The van der Waals surface area contributed by atoms with E-state index < -0.39 is 0 Å². The summed E-state index contributed by atoms with van der Waals surface area (Å²) in [7, 11) is 3.14. The van der Waals surface area contributed by atoms with Crippen LogP contribution < -0.4 is 4.74 Å². The average molecular weight is 385 g/mol. The van der Waals surface area contributed by atoms with Crippen LogP contribution in [-0.4, -0.2) is 24.8 Å². The van der Waals surface area contributed by atoms with Gasteiger partial charge in [0.15, 0.2) is 0 Å². The Morgan fingerprint density at radius 3 is 2.59 bits per heavy atom. The number of hydrogen-bond donors (Lipinski definition) is 0. The van der Waals surface area contributed by atoms with Crippen LogP contribution in [0.4, 0.5) is 0 Å². The Balaban J connectivity index is 1.94. The predicted molar refractivity (Wildman–Crippen MR) is 115 cm³/mol. The third-order valence-electron chi connectivity index (χ3n) is 6.00. The van der Waals surface area contributed by atoms with Gasteiger partial charge >= 0.3 is 5.97 Å². The highest BCUT2D eigenvalue weighted by Gasteiger charge is 2.26. The van der Waals surface area contributed by atoms with E-state index in [-0.39, 0.29) is 5.97 Å². The van der Waals surface area contributed by atoms with E-state index in [1.165, 1.54) is 29.3 Å². The minimum Gasteiger partial charge on any atom is -0.496 e. The second-order valence-electron chi connectivity index (χ2n) is 7.56. The number of ether oxygens (including phenoxy) is 2. The first-order valence-electron chi connectivity index (χ1n) is 9.99. The molecule has 0 saturated carbocycles. The maximum absolute atomic E-state index is 12.6. The molecule has 0 aliphatic heterocycles. The van der Waals surface area contributed by atoms with E-state index in [1.54, 1.807) is 7.11 Å². The molecule has 4 heteroatoms. The molecule has 5 rings (SSSR count). The van der Waals surface area contributed by atoms with E-state index >= 15 is 0 Å². The molecule has 3 aromatic carbocycles. The van der Waals surface area contributed by atoms with Crippen LogP contribution in [0, 0.1) is 0 Å². The van der Waals surface area contributed by atoms with Crippen LogP contribution in [0.25, 0.3) is 21.8 Å². The van der Waals surface area contributed by atoms with E-state index in [1.807, 2.05) is 18.2 Å². The lowest BCUT2D eigenvalue weighted by atomic mass is 10.0. The van der Waals surface area contributed by atoms with Gasteiger partial charge < -0.3 is 14.0 Å². The zero-order chi connectivity index (χ0) is 20.0. The Morgan fingerprint density at radius 2 is 1.83 bits per heavy atom. The van der Waals surface area contributed by atoms with Gasteiger partial charge in [0.25, 0.3) is 0 Å². The van der Waals surface area contributed by atoms with Gasteiger partial charge in [-0.15, -0.1) is 0 Å². The van der Waals surface area contributed by atoms with E-state index in [0.29, 0.717) is 5.56 Å². The maximum atomic E-state index is 12.6. The molecule has 0 N–H and O–H groups in total. The highest BCUT2D eigenvalue weighted by atomic mass is 16.5. The van der Waals surface area contributed by atoms with Gasteiger partial charge in [0.05, 0.1) is 36.2 Å². The van der Waals surface area contributed by atoms with Gasteiger partial charge in [-0.25, -0.2) is 4.79 Å². The van der Waals surface area contributed by atoms with Crippen molar-refractivity contribution in [3.05, 3.63) is 76.9 Å². The number of aryl methyl sites for hydroxylation is 2. The molecule has 0 radical (unpaired) electrons. The van der Waals surface area contributed by atoms with Crippen LogP contribution in [0.2, 0.25) is 0 Å². The van der Waals surface area contributed by atoms with Crippen molar-refractivity contribution in [1.82, 2.24) is 4.57 Å². The Morgan fingerprint density at radius 1 is 1.00 bits per heavy atom. The summed E-state index contributed by atoms with van der Waals surface area (Å²) in [6.07, 6.45) is 3.27. The number of carbonyl (C=O) groups excluding carboxylic acids is 1. The first-order chi connectivity index (χ1) is 14.2. The summed E-state index contributed by atoms with van der Waals surface area (Å²) in [5.74, 6) is 0.505. The van der Waals surface area contributed by atoms with Crippen molar-refractivity contribution in [2.75, 3.05) is 14.2 Å². The lowest BCUT2D eigenvalue weighted by molar-refractivity contribution is 0.0603. The summed E-state index contributed by atoms with van der Waals surface area (Å²) in [5, 5.41) is 1.93. The van der Waals surface area contributed by atoms with Crippen LogP contribution in [-0.2, 0) is 24.1 Å². The summed E-state index contributed by atoms with van der Waals surface area (Å²) >= 11 is 0. The molecule has 1 aromatic heterocycles. The third-order valence-corrected chi connectivity index (χ3v) is 6.00. The van der Waals surface area contributed by atoms with Gasteiger partial charge in [0.1, 0.15) is 5.75 Å². The molecule has 0 amide bonds. The lowest BCUT2D eigenvalue weighted by Gasteiger charge is -2.12. The second-order valence-corrected chi connectivity index (χ2v) is 7.56. The smallest absolute Gasteiger partial charge is 0.338 e. The molecule has 1 aliphatic rings. The number of hydrogen-bond acceptors (Lipinski definition) is 3. The van der Waals surface area contributed by atoms with Crippen LogP contribution in [0.5, 0.6) is 5.75 Å². The molecular weight excluding hydrogens is 362 g/mol. The molecule has 1 heterocycles. The van der Waals surface area contributed by atoms with Crippen LogP contribution in [0.1, 0.15) is 33.5 Å². The number of benzene rings is 3. The molecule has 4 aromatic rings. The molecular formula is C25H23NO3. The first kappa shape index (κ1) is 17.8. The van der Waals surface area contributed by atoms with Crippen molar-refractivity contribution in [2.24, 2.45) is 0 Å². The molecule has 4 nitrogen and oxygen atoms in total. The van der Waals surface area contributed by atoms with Gasteiger partial charge in [0, 0.05) is 11.9 Å². The predicted octanol–water partition coefficient (Wildman–Crippen LogP) is 5.13. The topological polar surface area (TPSA) is 40.5 Å². The van der Waals surface area contributed by atoms with Crippen molar-refractivity contribution < 1.29 is 14.3 Å². The fraction of sp³-hybridized carbons (Fsp3) is 0.240. The first-order valence-corrected chi connectivity index (χ1v) is 9.99. The number of carbonyl (C=O) groups is 1. The molecule has 0 spiro atoms. The normalized spacial score (nSPS) is 13.0. The van der Waals surface area contributed by atoms with Crippen LogP contribution >= 0.6 is 0 Å². The highest BCUT2D eigenvalue weighted by molar-refractivity contribution is 6.20. The zero-order valence-corrected chi connectivity index (χ0v) is 16.7. The van der Waals surface area contributed by atoms with Crippen LogP contribution in [0.15, 0.2) is 54.6 Å². The highest BCUT2D eigenvalue weighted by Crippen LogP contribution is 2.43. The standard InChI is InChI=1S/C25H23NO3/c1-28-21-14-17-10-6-11-18(17)24-23(21)22-19(25(27)29-2)12-7-13-20(22)26(24)15-16-8-4-3-5-9-16/h3-5,7-9,12-14H,6,10-11,15H2,1-2H3. The average Bonchev–Trinajstić information content (AvgIpc) is 3.36. The monoisotopic (exact) mass is 385 g/mol. The van der Waals surface area contributed by atoms with Crippen LogP contribution in [0.3, 0.4) is 0 Å². The van der Waals surface area contributed by atoms with Gasteiger partial charge in [-0.05, 0) is 54.2 Å². The summed E-state index contributed by atoms with van der Waals surface area (Å²) in [6.45, 7) is 0.741. The molecule has 1 aliphatic carbocycles. The minimum absolute atomic E-state index is 0.322. The fourth-order valence-corrected chi connectivity index (χ4v) is 4.75. The summed E-state index contributed by atoms with van der Waals surface area (Å²) in [5.41, 5.74) is 6.76. The Hall–Kier alpha value is -3.27. The van der Waals surface area contributed by atoms with Crippen molar-refractivity contribution in [2.45, 2.75) is 25.8 Å². The van der Waals surface area contributed by atoms with Gasteiger partial charge in [-0.2, -0.15) is 0 Å². The Bertz CT molecular complexity index is 1240. The number of nitrogens with zero attached hydrogens (tertiary/aromatic N) is 1. The largest absolute Gasteiger partial charge is 0.496 e. The second kappa shape index (κ2) is 6.96. The molecule has 146 valence electrons. The number of fused-ring (bicyclic) bond motifs is 5. The van der Waals surface area contributed by atoms with Gasteiger partial charge in [-0.1, -0.05) is 36.4 Å². The summed E-state index contributed by atoms with van der Waals surface area (Å²) in [6, 6.07) is 18.5. The van der Waals surface area contributed by atoms with E-state index in [2.05, 4.69) is 41.0 Å². The molecule has 29 heavy (non-hydrogen) atoms. The molecule has 0 fully saturated rings. The zero-order valence-electron chi connectivity index (χ0n) is 16.7. The number of methoxy groups -OCH3 is 2. The van der Waals surface area contributed by atoms with Crippen molar-refractivity contribution >= 4 is 27.8 Å². The van der Waals surface area contributed by atoms with E-state index in [4.69, 9.17) is 9.47 Å². The molecule has 0 saturated heterocycles. The number of rotatable bonds is 4. The van der Waals surface area contributed by atoms with E-state index in [9.17, 15) is 4.79 Å². The lowest BCUT2D eigenvalue weighted by Crippen LogP contribution is -2.03. The maximum Gasteiger partial charge on any atom is 0.338 e.